The zero-order valence-electron chi connectivity index (χ0n) is 27.5. The highest BCUT2D eigenvalue weighted by Crippen LogP contribution is 2.44. The molecular weight excluding hydrogens is 602 g/mol. The van der Waals surface area contributed by atoms with Crippen LogP contribution in [-0.2, 0) is 16.0 Å². The molecule has 2 aliphatic rings. The standard InChI is InChI=1S/C37H46ClN3O5/c1-23(2)46-34-20-32-28(18-33(34)45-5)19-35(43)41(36(32)26-10-12-29(38)13-11-26)31-16-14-30(15-17-31)40(4)22-25-6-8-27(9-7-25)37(44)39-21-24(3)42/h10-18,20,23-25,27,36,42H,6-9,19,21-22H2,1-5H3,(H,39,44)/t24-,25?,27?,36+/m1/s1. The maximum Gasteiger partial charge on any atom is 0.232 e. The van der Waals surface area contributed by atoms with Crippen LogP contribution in [-0.4, -0.2) is 56.4 Å². The molecule has 2 amide bonds. The van der Waals surface area contributed by atoms with Crippen LogP contribution in [0.3, 0.4) is 0 Å². The number of aliphatic hydroxyl groups excluding tert-OH is 1. The molecule has 5 rings (SSSR count). The maximum atomic E-state index is 13.9. The third-order valence-electron chi connectivity index (χ3n) is 9.03. The summed E-state index contributed by atoms with van der Waals surface area (Å²) in [5, 5.41) is 13.0. The normalized spacial score (nSPS) is 20.2. The second-order valence-electron chi connectivity index (χ2n) is 13.0. The van der Waals surface area contributed by atoms with Gasteiger partial charge in [-0.3, -0.25) is 9.59 Å². The van der Waals surface area contributed by atoms with E-state index < -0.39 is 6.10 Å². The van der Waals surface area contributed by atoms with Gasteiger partial charge in [0, 0.05) is 42.5 Å². The van der Waals surface area contributed by atoms with Crippen LogP contribution in [0.1, 0.15) is 69.2 Å². The van der Waals surface area contributed by atoms with Gasteiger partial charge in [-0.15, -0.1) is 0 Å². The Morgan fingerprint density at radius 3 is 2.30 bits per heavy atom. The van der Waals surface area contributed by atoms with Crippen molar-refractivity contribution in [1.29, 1.82) is 0 Å². The van der Waals surface area contributed by atoms with Gasteiger partial charge in [0.2, 0.25) is 11.8 Å². The Kier molecular flexibility index (Phi) is 10.8. The highest BCUT2D eigenvalue weighted by atomic mass is 35.5. The molecule has 8 nitrogen and oxygen atoms in total. The van der Waals surface area contributed by atoms with Crippen molar-refractivity contribution in [2.75, 3.05) is 37.0 Å². The van der Waals surface area contributed by atoms with Crippen LogP contribution in [0.15, 0.2) is 60.7 Å². The van der Waals surface area contributed by atoms with E-state index >= 15 is 0 Å². The van der Waals surface area contributed by atoms with Crippen molar-refractivity contribution in [2.24, 2.45) is 11.8 Å². The summed E-state index contributed by atoms with van der Waals surface area (Å²) in [6.45, 7) is 6.84. The lowest BCUT2D eigenvalue weighted by atomic mass is 9.81. The molecule has 2 N–H and O–H groups in total. The predicted molar refractivity (Wildman–Crippen MR) is 183 cm³/mol. The van der Waals surface area contributed by atoms with Crippen molar-refractivity contribution in [2.45, 2.75) is 71.1 Å². The number of fused-ring (bicyclic) bond motifs is 1. The summed E-state index contributed by atoms with van der Waals surface area (Å²) < 4.78 is 11.8. The van der Waals surface area contributed by atoms with Gasteiger partial charge in [-0.25, -0.2) is 0 Å². The fraction of sp³-hybridized carbons (Fsp3) is 0.459. The van der Waals surface area contributed by atoms with E-state index in [4.69, 9.17) is 21.1 Å². The molecule has 9 heteroatoms. The zero-order valence-corrected chi connectivity index (χ0v) is 28.2. The Morgan fingerprint density at radius 2 is 1.70 bits per heavy atom. The monoisotopic (exact) mass is 647 g/mol. The molecule has 0 unspecified atom stereocenters. The number of rotatable bonds is 11. The number of amides is 2. The lowest BCUT2D eigenvalue weighted by Gasteiger charge is -2.38. The van der Waals surface area contributed by atoms with Crippen LogP contribution in [0.5, 0.6) is 11.5 Å². The van der Waals surface area contributed by atoms with E-state index in [2.05, 4.69) is 29.4 Å². The number of methoxy groups -OCH3 is 1. The number of nitrogens with one attached hydrogen (secondary N) is 1. The Labute approximate surface area is 277 Å². The molecule has 0 aromatic heterocycles. The average molecular weight is 648 g/mol. The van der Waals surface area contributed by atoms with Gasteiger partial charge in [0.25, 0.3) is 0 Å². The van der Waals surface area contributed by atoms with E-state index in [-0.39, 0.29) is 36.3 Å². The number of halogens is 1. The molecule has 0 saturated heterocycles. The largest absolute Gasteiger partial charge is 0.493 e. The van der Waals surface area contributed by atoms with Gasteiger partial charge in [-0.05, 0) is 118 Å². The highest BCUT2D eigenvalue weighted by molar-refractivity contribution is 6.30. The number of aliphatic hydroxyl groups is 1. The maximum absolute atomic E-state index is 13.9. The van der Waals surface area contributed by atoms with Gasteiger partial charge >= 0.3 is 0 Å². The fourth-order valence-corrected chi connectivity index (χ4v) is 6.82. The molecule has 3 aromatic carbocycles. The van der Waals surface area contributed by atoms with Crippen molar-refractivity contribution in [3.8, 4) is 11.5 Å². The molecular formula is C37H46ClN3O5. The molecule has 1 aliphatic heterocycles. The molecule has 46 heavy (non-hydrogen) atoms. The third kappa shape index (κ3) is 7.78. The van der Waals surface area contributed by atoms with E-state index in [1.165, 1.54) is 0 Å². The zero-order chi connectivity index (χ0) is 33.0. The molecule has 3 aromatic rings. The van der Waals surface area contributed by atoms with Crippen LogP contribution in [0, 0.1) is 11.8 Å². The first-order valence-corrected chi connectivity index (χ1v) is 16.6. The predicted octanol–water partition coefficient (Wildman–Crippen LogP) is 6.55. The van der Waals surface area contributed by atoms with E-state index in [1.807, 2.05) is 67.3 Å². The Balaban J connectivity index is 1.35. The topological polar surface area (TPSA) is 91.3 Å². The molecule has 246 valence electrons. The van der Waals surface area contributed by atoms with Crippen LogP contribution >= 0.6 is 11.6 Å². The summed E-state index contributed by atoms with van der Waals surface area (Å²) in [6, 6.07) is 19.4. The number of carbonyl (C=O) groups excluding carboxylic acids is 2. The number of nitrogens with zero attached hydrogens (tertiary/aromatic N) is 2. The molecule has 1 saturated carbocycles. The molecule has 2 atom stereocenters. The Morgan fingerprint density at radius 1 is 1.02 bits per heavy atom. The fourth-order valence-electron chi connectivity index (χ4n) is 6.69. The van der Waals surface area contributed by atoms with Gasteiger partial charge in [0.1, 0.15) is 0 Å². The van der Waals surface area contributed by atoms with Gasteiger partial charge in [0.05, 0.1) is 31.8 Å². The van der Waals surface area contributed by atoms with Crippen molar-refractivity contribution < 1.29 is 24.2 Å². The highest BCUT2D eigenvalue weighted by Gasteiger charge is 2.36. The molecule has 0 spiro atoms. The second kappa shape index (κ2) is 14.8. The van der Waals surface area contributed by atoms with Crippen molar-refractivity contribution >= 4 is 34.8 Å². The first kappa shape index (κ1) is 33.6. The molecule has 1 aliphatic carbocycles. The smallest absolute Gasteiger partial charge is 0.232 e. The van der Waals surface area contributed by atoms with Crippen molar-refractivity contribution in [1.82, 2.24) is 5.32 Å². The Bertz CT molecular complexity index is 1500. The number of carbonyl (C=O) groups is 2. The van der Waals surface area contributed by atoms with Crippen LogP contribution in [0.25, 0.3) is 0 Å². The van der Waals surface area contributed by atoms with Crippen LogP contribution in [0.4, 0.5) is 11.4 Å². The Hall–Kier alpha value is -3.75. The number of anilines is 2. The van der Waals surface area contributed by atoms with Crippen LogP contribution < -0.4 is 24.6 Å². The van der Waals surface area contributed by atoms with Crippen molar-refractivity contribution in [3.63, 3.8) is 0 Å². The molecule has 1 heterocycles. The first-order chi connectivity index (χ1) is 22.0. The van der Waals surface area contributed by atoms with E-state index in [9.17, 15) is 14.7 Å². The summed E-state index contributed by atoms with van der Waals surface area (Å²) in [7, 11) is 3.71. The summed E-state index contributed by atoms with van der Waals surface area (Å²) in [5.41, 5.74) is 4.76. The van der Waals surface area contributed by atoms with Gasteiger partial charge in [-0.1, -0.05) is 23.7 Å². The minimum Gasteiger partial charge on any atom is -0.493 e. The minimum absolute atomic E-state index is 0.00220. The van der Waals surface area contributed by atoms with E-state index in [1.54, 1.807) is 14.0 Å². The lowest BCUT2D eigenvalue weighted by Crippen LogP contribution is -2.41. The van der Waals surface area contributed by atoms with Gasteiger partial charge < -0.3 is 29.7 Å². The number of hydrogen-bond donors (Lipinski definition) is 2. The quantitative estimate of drug-likeness (QED) is 0.245. The second-order valence-corrected chi connectivity index (χ2v) is 13.4. The SMILES string of the molecule is COc1cc2c(cc1OC(C)C)[C@H](c1ccc(Cl)cc1)N(c1ccc(N(C)CC3CCC(C(=O)NC[C@@H](C)O)CC3)cc1)C(=O)C2. The lowest BCUT2D eigenvalue weighted by molar-refractivity contribution is -0.126. The molecule has 0 bridgehead atoms. The summed E-state index contributed by atoms with van der Waals surface area (Å²) in [5.74, 6) is 1.84. The van der Waals surface area contributed by atoms with Crippen molar-refractivity contribution in [3.05, 3.63) is 82.4 Å². The summed E-state index contributed by atoms with van der Waals surface area (Å²) in [6.07, 6.45) is 3.39. The number of ether oxygens (including phenoxy) is 2. The molecule has 0 radical (unpaired) electrons. The number of hydrogen-bond acceptors (Lipinski definition) is 6. The minimum atomic E-state index is -0.534. The van der Waals surface area contributed by atoms with E-state index in [0.717, 1.165) is 60.3 Å². The summed E-state index contributed by atoms with van der Waals surface area (Å²) in [4.78, 5) is 30.5. The van der Waals surface area contributed by atoms with Crippen LogP contribution in [0.2, 0.25) is 5.02 Å². The number of benzene rings is 3. The van der Waals surface area contributed by atoms with E-state index in [0.29, 0.717) is 29.0 Å². The third-order valence-corrected chi connectivity index (χ3v) is 9.28. The first-order valence-electron chi connectivity index (χ1n) is 16.3. The van der Waals surface area contributed by atoms with Gasteiger partial charge in [0.15, 0.2) is 11.5 Å². The average Bonchev–Trinajstić information content (AvgIpc) is 3.03. The summed E-state index contributed by atoms with van der Waals surface area (Å²) >= 11 is 6.27. The van der Waals surface area contributed by atoms with Gasteiger partial charge in [-0.2, -0.15) is 0 Å². The molecule has 1 fully saturated rings.